The molecule has 0 aliphatic rings. The first kappa shape index (κ1) is 13.4. The fraction of sp³-hybridized carbons (Fsp3) is 0.267. The second-order valence-corrected chi connectivity index (χ2v) is 4.13. The molecule has 2 N–H and O–H groups in total. The van der Waals surface area contributed by atoms with Gasteiger partial charge in [-0.3, -0.25) is 4.98 Å². The monoisotopic (exact) mass is 258 g/mol. The van der Waals surface area contributed by atoms with E-state index >= 15 is 0 Å². The topological polar surface area (TPSA) is 57.4 Å². The highest BCUT2D eigenvalue weighted by Gasteiger charge is 2.04. The largest absolute Gasteiger partial charge is 0.497 e. The van der Waals surface area contributed by atoms with Gasteiger partial charge in [-0.25, -0.2) is 0 Å². The average Bonchev–Trinajstić information content (AvgIpc) is 2.48. The third kappa shape index (κ3) is 3.69. The van der Waals surface area contributed by atoms with Gasteiger partial charge in [0.25, 0.3) is 0 Å². The number of methoxy groups -OCH3 is 1. The molecule has 2 aromatic rings. The van der Waals surface area contributed by atoms with Crippen LogP contribution in [0.4, 0.5) is 0 Å². The molecule has 100 valence electrons. The Bertz CT molecular complexity index is 515. The van der Waals surface area contributed by atoms with E-state index in [2.05, 4.69) is 4.98 Å². The first-order valence-electron chi connectivity index (χ1n) is 6.22. The summed E-state index contributed by atoms with van der Waals surface area (Å²) < 4.78 is 11.0. The van der Waals surface area contributed by atoms with Crippen LogP contribution in [0.5, 0.6) is 11.5 Å². The number of nitrogens with two attached hydrogens (primary N) is 1. The molecule has 0 unspecified atom stereocenters. The van der Waals surface area contributed by atoms with Crippen LogP contribution >= 0.6 is 0 Å². The number of aromatic nitrogens is 1. The van der Waals surface area contributed by atoms with Crippen LogP contribution in [0, 0.1) is 0 Å². The summed E-state index contributed by atoms with van der Waals surface area (Å²) in [5, 5.41) is 0. The molecule has 1 heterocycles. The predicted octanol–water partition coefficient (Wildman–Crippen LogP) is 2.17. The summed E-state index contributed by atoms with van der Waals surface area (Å²) >= 11 is 0. The SMILES string of the molecule is COc1ccc(CN)c(OCCc2ccncc2)c1. The van der Waals surface area contributed by atoms with Gasteiger partial charge in [-0.2, -0.15) is 0 Å². The molecular weight excluding hydrogens is 240 g/mol. The number of hydrogen-bond acceptors (Lipinski definition) is 4. The average molecular weight is 258 g/mol. The van der Waals surface area contributed by atoms with Crippen LogP contribution in [0.1, 0.15) is 11.1 Å². The Labute approximate surface area is 113 Å². The van der Waals surface area contributed by atoms with Crippen LogP contribution in [-0.4, -0.2) is 18.7 Å². The van der Waals surface area contributed by atoms with Crippen molar-refractivity contribution in [2.24, 2.45) is 5.73 Å². The van der Waals surface area contributed by atoms with E-state index in [1.165, 1.54) is 5.56 Å². The van der Waals surface area contributed by atoms with Crippen molar-refractivity contribution in [3.05, 3.63) is 53.9 Å². The number of rotatable bonds is 6. The zero-order valence-corrected chi connectivity index (χ0v) is 11.0. The highest BCUT2D eigenvalue weighted by atomic mass is 16.5. The molecule has 0 fully saturated rings. The first-order chi connectivity index (χ1) is 9.33. The minimum Gasteiger partial charge on any atom is -0.497 e. The van der Waals surface area contributed by atoms with Gasteiger partial charge in [-0.1, -0.05) is 6.07 Å². The van der Waals surface area contributed by atoms with E-state index in [0.29, 0.717) is 13.2 Å². The molecule has 19 heavy (non-hydrogen) atoms. The quantitative estimate of drug-likeness (QED) is 0.862. The zero-order chi connectivity index (χ0) is 13.5. The molecule has 1 aromatic carbocycles. The van der Waals surface area contributed by atoms with Crippen LogP contribution in [0.25, 0.3) is 0 Å². The number of nitrogens with zero attached hydrogens (tertiary/aromatic N) is 1. The molecule has 0 spiro atoms. The molecule has 0 amide bonds. The number of ether oxygens (including phenoxy) is 2. The lowest BCUT2D eigenvalue weighted by Gasteiger charge is -2.12. The van der Waals surface area contributed by atoms with Crippen molar-refractivity contribution in [1.82, 2.24) is 4.98 Å². The van der Waals surface area contributed by atoms with Crippen LogP contribution in [0.3, 0.4) is 0 Å². The van der Waals surface area contributed by atoms with Gasteiger partial charge >= 0.3 is 0 Å². The number of benzene rings is 1. The first-order valence-corrected chi connectivity index (χ1v) is 6.22. The summed E-state index contributed by atoms with van der Waals surface area (Å²) in [4.78, 5) is 3.99. The lowest BCUT2D eigenvalue weighted by atomic mass is 10.2. The third-order valence-electron chi connectivity index (χ3n) is 2.89. The highest BCUT2D eigenvalue weighted by molar-refractivity contribution is 5.40. The van der Waals surface area contributed by atoms with Gasteiger partial charge in [-0.15, -0.1) is 0 Å². The van der Waals surface area contributed by atoms with Gasteiger partial charge in [0.15, 0.2) is 0 Å². The van der Waals surface area contributed by atoms with Crippen molar-refractivity contribution >= 4 is 0 Å². The van der Waals surface area contributed by atoms with Crippen LogP contribution < -0.4 is 15.2 Å². The number of pyridine rings is 1. The van der Waals surface area contributed by atoms with Gasteiger partial charge < -0.3 is 15.2 Å². The van der Waals surface area contributed by atoms with E-state index in [1.807, 2.05) is 30.3 Å². The van der Waals surface area contributed by atoms with E-state index in [9.17, 15) is 0 Å². The summed E-state index contributed by atoms with van der Waals surface area (Å²) in [5.74, 6) is 1.56. The van der Waals surface area contributed by atoms with E-state index in [4.69, 9.17) is 15.2 Å². The van der Waals surface area contributed by atoms with Crippen LogP contribution in [0.15, 0.2) is 42.7 Å². The molecule has 1 aromatic heterocycles. The maximum Gasteiger partial charge on any atom is 0.127 e. The van der Waals surface area contributed by atoms with Crippen LogP contribution in [-0.2, 0) is 13.0 Å². The van der Waals surface area contributed by atoms with Crippen molar-refractivity contribution in [1.29, 1.82) is 0 Å². The smallest absolute Gasteiger partial charge is 0.127 e. The Balaban J connectivity index is 1.98. The summed E-state index contributed by atoms with van der Waals surface area (Å²) in [7, 11) is 1.64. The highest BCUT2D eigenvalue weighted by Crippen LogP contribution is 2.24. The van der Waals surface area contributed by atoms with Gasteiger partial charge in [0, 0.05) is 37.0 Å². The Morgan fingerprint density at radius 3 is 2.63 bits per heavy atom. The normalized spacial score (nSPS) is 10.2. The summed E-state index contributed by atoms with van der Waals surface area (Å²) in [6.45, 7) is 1.05. The molecule has 0 radical (unpaired) electrons. The van der Waals surface area contributed by atoms with Crippen molar-refractivity contribution in [3.63, 3.8) is 0 Å². The van der Waals surface area contributed by atoms with Crippen molar-refractivity contribution < 1.29 is 9.47 Å². The lowest BCUT2D eigenvalue weighted by Crippen LogP contribution is -2.06. The Morgan fingerprint density at radius 1 is 1.16 bits per heavy atom. The summed E-state index contributed by atoms with van der Waals surface area (Å²) in [6.07, 6.45) is 4.40. The Hall–Kier alpha value is -2.07. The number of hydrogen-bond donors (Lipinski definition) is 1. The molecule has 0 atom stereocenters. The lowest BCUT2D eigenvalue weighted by molar-refractivity contribution is 0.315. The molecule has 0 bridgehead atoms. The molecule has 2 rings (SSSR count). The second-order valence-electron chi connectivity index (χ2n) is 4.13. The fourth-order valence-corrected chi connectivity index (χ4v) is 1.79. The molecule has 4 nitrogen and oxygen atoms in total. The van der Waals surface area contributed by atoms with E-state index in [-0.39, 0.29) is 0 Å². The second kappa shape index (κ2) is 6.75. The van der Waals surface area contributed by atoms with Crippen LogP contribution in [0.2, 0.25) is 0 Å². The third-order valence-corrected chi connectivity index (χ3v) is 2.89. The van der Waals surface area contributed by atoms with Gasteiger partial charge in [0.1, 0.15) is 11.5 Å². The van der Waals surface area contributed by atoms with E-state index < -0.39 is 0 Å². The molecule has 0 saturated heterocycles. The Kier molecular flexibility index (Phi) is 4.75. The molecule has 0 saturated carbocycles. The Morgan fingerprint density at radius 2 is 1.95 bits per heavy atom. The molecule has 0 aliphatic carbocycles. The standard InChI is InChI=1S/C15H18N2O2/c1-18-14-3-2-13(11-16)15(10-14)19-9-6-12-4-7-17-8-5-12/h2-5,7-8,10H,6,9,11,16H2,1H3. The zero-order valence-electron chi connectivity index (χ0n) is 11.0. The van der Waals surface area contributed by atoms with E-state index in [1.54, 1.807) is 19.5 Å². The summed E-state index contributed by atoms with van der Waals surface area (Å²) in [6, 6.07) is 9.66. The van der Waals surface area contributed by atoms with Crippen molar-refractivity contribution in [2.45, 2.75) is 13.0 Å². The summed E-state index contributed by atoms with van der Waals surface area (Å²) in [5.41, 5.74) is 7.88. The molecule has 4 heteroatoms. The van der Waals surface area contributed by atoms with Crippen molar-refractivity contribution in [3.8, 4) is 11.5 Å². The van der Waals surface area contributed by atoms with E-state index in [0.717, 1.165) is 23.5 Å². The predicted molar refractivity (Wildman–Crippen MR) is 74.3 cm³/mol. The van der Waals surface area contributed by atoms with Crippen molar-refractivity contribution in [2.75, 3.05) is 13.7 Å². The maximum atomic E-state index is 5.79. The maximum absolute atomic E-state index is 5.79. The van der Waals surface area contributed by atoms with Gasteiger partial charge in [-0.05, 0) is 23.8 Å². The van der Waals surface area contributed by atoms with Gasteiger partial charge in [0.05, 0.1) is 13.7 Å². The van der Waals surface area contributed by atoms with Gasteiger partial charge in [0.2, 0.25) is 0 Å². The minimum atomic E-state index is 0.453. The molecule has 0 aliphatic heterocycles. The minimum absolute atomic E-state index is 0.453. The fourth-order valence-electron chi connectivity index (χ4n) is 1.79. The molecular formula is C15H18N2O2.